The van der Waals surface area contributed by atoms with Gasteiger partial charge in [-0.05, 0) is 24.6 Å². The maximum Gasteiger partial charge on any atom is 0.176 e. The molecular weight excluding hydrogens is 362 g/mol. The van der Waals surface area contributed by atoms with Crippen molar-refractivity contribution < 1.29 is 32.9 Å². The minimum absolute atomic E-state index is 0.0235. The van der Waals surface area contributed by atoms with E-state index < -0.39 is 22.5 Å². The molecule has 1 aliphatic rings. The van der Waals surface area contributed by atoms with Crippen LogP contribution in [0, 0.1) is 0 Å². The number of methoxy groups -OCH3 is 2. The van der Waals surface area contributed by atoms with Gasteiger partial charge in [0.25, 0.3) is 0 Å². The van der Waals surface area contributed by atoms with Gasteiger partial charge in [0.2, 0.25) is 0 Å². The number of rotatable bonds is 9. The van der Waals surface area contributed by atoms with Crippen molar-refractivity contribution >= 4 is 15.6 Å². The number of carbonyl (C=O) groups is 1. The van der Waals surface area contributed by atoms with Crippen molar-refractivity contribution in [1.29, 1.82) is 0 Å². The van der Waals surface area contributed by atoms with E-state index in [-0.39, 0.29) is 36.4 Å². The highest BCUT2D eigenvalue weighted by atomic mass is 32.2. The fraction of sp³-hybridized carbons (Fsp3) is 0.588. The summed E-state index contributed by atoms with van der Waals surface area (Å²) in [6.07, 6.45) is -0.642. The number of aliphatic hydroxyl groups is 2. The summed E-state index contributed by atoms with van der Waals surface area (Å²) in [5.41, 5.74) is 0.395. The van der Waals surface area contributed by atoms with E-state index in [9.17, 15) is 18.3 Å². The summed E-state index contributed by atoms with van der Waals surface area (Å²) < 4.78 is 33.9. The Morgan fingerprint density at radius 3 is 2.54 bits per heavy atom. The van der Waals surface area contributed by atoms with Gasteiger partial charge in [-0.2, -0.15) is 0 Å². The molecule has 9 heteroatoms. The number of carbonyl (C=O) groups excluding carboxylic acids is 1. The number of hydrogen-bond donors (Lipinski definition) is 2. The maximum absolute atomic E-state index is 12.7. The molecule has 0 amide bonds. The Morgan fingerprint density at radius 2 is 2.00 bits per heavy atom. The van der Waals surface area contributed by atoms with Crippen LogP contribution < -0.4 is 9.47 Å². The molecule has 146 valence electrons. The number of ether oxygens (including phenoxy) is 2. The van der Waals surface area contributed by atoms with Gasteiger partial charge < -0.3 is 19.7 Å². The first-order valence-electron chi connectivity index (χ1n) is 8.28. The van der Waals surface area contributed by atoms with Crippen molar-refractivity contribution in [3.8, 4) is 11.5 Å². The van der Waals surface area contributed by atoms with Gasteiger partial charge in [0.15, 0.2) is 27.1 Å². The standard InChI is InChI=1S/C17H25NO7S/c1-24-16-4-3-12(7-17(16)25-2)15(21)9-18(8-14(20)10-19)13-5-6-26(22,23)11-13/h3-4,7,13-14,19-20H,5-6,8-11H2,1-2H3/t13-,14+/m1/s1. The van der Waals surface area contributed by atoms with Gasteiger partial charge in [-0.1, -0.05) is 0 Å². The van der Waals surface area contributed by atoms with Gasteiger partial charge in [0.1, 0.15) is 0 Å². The number of ketones is 1. The lowest BCUT2D eigenvalue weighted by atomic mass is 10.1. The molecule has 0 radical (unpaired) electrons. The zero-order chi connectivity index (χ0) is 19.3. The van der Waals surface area contributed by atoms with Crippen LogP contribution in [0.2, 0.25) is 0 Å². The van der Waals surface area contributed by atoms with Crippen molar-refractivity contribution in [2.75, 3.05) is 45.4 Å². The molecule has 1 aromatic carbocycles. The minimum Gasteiger partial charge on any atom is -0.493 e. The van der Waals surface area contributed by atoms with Gasteiger partial charge in [-0.25, -0.2) is 8.42 Å². The van der Waals surface area contributed by atoms with E-state index in [1.54, 1.807) is 23.1 Å². The van der Waals surface area contributed by atoms with Crippen LogP contribution >= 0.6 is 0 Å². The molecule has 1 heterocycles. The number of aliphatic hydroxyl groups excluding tert-OH is 2. The van der Waals surface area contributed by atoms with E-state index in [0.29, 0.717) is 23.5 Å². The molecular formula is C17H25NO7S. The Labute approximate surface area is 153 Å². The van der Waals surface area contributed by atoms with Crippen LogP contribution in [0.15, 0.2) is 18.2 Å². The minimum atomic E-state index is -3.14. The number of nitrogens with zero attached hydrogens (tertiary/aromatic N) is 1. The van der Waals surface area contributed by atoms with Crippen LogP contribution in [0.25, 0.3) is 0 Å². The zero-order valence-corrected chi connectivity index (χ0v) is 15.7. The normalized spacial score (nSPS) is 20.1. The fourth-order valence-corrected chi connectivity index (χ4v) is 4.78. The summed E-state index contributed by atoms with van der Waals surface area (Å²) in [5, 5.41) is 18.9. The number of Topliss-reactive ketones (excluding diaryl/α,β-unsaturated/α-hetero) is 1. The third-order valence-corrected chi connectivity index (χ3v) is 6.18. The van der Waals surface area contributed by atoms with Crippen LogP contribution in [0.3, 0.4) is 0 Å². The molecule has 26 heavy (non-hydrogen) atoms. The Bertz CT molecular complexity index is 735. The molecule has 1 fully saturated rings. The smallest absolute Gasteiger partial charge is 0.176 e. The molecule has 0 aromatic heterocycles. The summed E-state index contributed by atoms with van der Waals surface area (Å²) in [4.78, 5) is 14.3. The van der Waals surface area contributed by atoms with E-state index in [4.69, 9.17) is 14.6 Å². The average Bonchev–Trinajstić information content (AvgIpc) is 2.99. The van der Waals surface area contributed by atoms with Gasteiger partial charge in [-0.15, -0.1) is 0 Å². The van der Waals surface area contributed by atoms with Gasteiger partial charge in [-0.3, -0.25) is 9.69 Å². The fourth-order valence-electron chi connectivity index (χ4n) is 3.02. The van der Waals surface area contributed by atoms with Crippen molar-refractivity contribution in [3.63, 3.8) is 0 Å². The highest BCUT2D eigenvalue weighted by Gasteiger charge is 2.34. The molecule has 1 aromatic rings. The van der Waals surface area contributed by atoms with Crippen molar-refractivity contribution in [1.82, 2.24) is 4.90 Å². The third-order valence-electron chi connectivity index (χ3n) is 4.43. The molecule has 8 nitrogen and oxygen atoms in total. The molecule has 0 unspecified atom stereocenters. The second-order valence-electron chi connectivity index (χ2n) is 6.32. The van der Waals surface area contributed by atoms with Gasteiger partial charge in [0, 0.05) is 18.2 Å². The molecule has 2 atom stereocenters. The third kappa shape index (κ3) is 5.16. The van der Waals surface area contributed by atoms with Gasteiger partial charge in [0.05, 0.1) is 45.0 Å². The second kappa shape index (κ2) is 8.81. The molecule has 0 aliphatic carbocycles. The summed E-state index contributed by atoms with van der Waals surface area (Å²) >= 11 is 0. The van der Waals surface area contributed by atoms with E-state index in [2.05, 4.69) is 0 Å². The van der Waals surface area contributed by atoms with Crippen molar-refractivity contribution in [2.24, 2.45) is 0 Å². The molecule has 1 aliphatic heterocycles. The molecule has 2 rings (SSSR count). The molecule has 1 saturated heterocycles. The highest BCUT2D eigenvalue weighted by molar-refractivity contribution is 7.91. The van der Waals surface area contributed by atoms with E-state index in [1.165, 1.54) is 14.2 Å². The van der Waals surface area contributed by atoms with E-state index in [0.717, 1.165) is 0 Å². The number of benzene rings is 1. The lowest BCUT2D eigenvalue weighted by Crippen LogP contribution is -2.45. The highest BCUT2D eigenvalue weighted by Crippen LogP contribution is 2.28. The monoisotopic (exact) mass is 387 g/mol. The van der Waals surface area contributed by atoms with Crippen LogP contribution in [-0.2, 0) is 9.84 Å². The Morgan fingerprint density at radius 1 is 1.31 bits per heavy atom. The zero-order valence-electron chi connectivity index (χ0n) is 14.9. The SMILES string of the molecule is COc1ccc(C(=O)CN(C[C@H](O)CO)[C@@H]2CCS(=O)(=O)C2)cc1OC. The van der Waals surface area contributed by atoms with Crippen LogP contribution in [0.1, 0.15) is 16.8 Å². The van der Waals surface area contributed by atoms with Crippen molar-refractivity contribution in [2.45, 2.75) is 18.6 Å². The van der Waals surface area contributed by atoms with Crippen LogP contribution in [-0.4, -0.2) is 86.9 Å². The number of hydrogen-bond acceptors (Lipinski definition) is 8. The van der Waals surface area contributed by atoms with E-state index >= 15 is 0 Å². The predicted molar refractivity (Wildman–Crippen MR) is 95.6 cm³/mol. The molecule has 0 bridgehead atoms. The lowest BCUT2D eigenvalue weighted by Gasteiger charge is -2.29. The topological polar surface area (TPSA) is 113 Å². The predicted octanol–water partition coefficient (Wildman–Crippen LogP) is -0.271. The molecule has 0 spiro atoms. The largest absolute Gasteiger partial charge is 0.493 e. The second-order valence-corrected chi connectivity index (χ2v) is 8.54. The summed E-state index contributed by atoms with van der Waals surface area (Å²) in [6, 6.07) is 4.44. The first-order chi connectivity index (χ1) is 12.3. The first-order valence-corrected chi connectivity index (χ1v) is 10.1. The molecule has 2 N–H and O–H groups in total. The van der Waals surface area contributed by atoms with E-state index in [1.807, 2.05) is 0 Å². The Balaban J connectivity index is 2.17. The average molecular weight is 387 g/mol. The Kier molecular flexibility index (Phi) is 6.99. The van der Waals surface area contributed by atoms with Crippen LogP contribution in [0.5, 0.6) is 11.5 Å². The van der Waals surface area contributed by atoms with Gasteiger partial charge >= 0.3 is 0 Å². The first kappa shape index (κ1) is 20.6. The lowest BCUT2D eigenvalue weighted by molar-refractivity contribution is 0.0459. The quantitative estimate of drug-likeness (QED) is 0.557. The maximum atomic E-state index is 12.7. The van der Waals surface area contributed by atoms with Crippen LogP contribution in [0.4, 0.5) is 0 Å². The summed E-state index contributed by atoms with van der Waals surface area (Å²) in [5.74, 6) is 0.695. The Hall–Kier alpha value is -1.68. The summed E-state index contributed by atoms with van der Waals surface area (Å²) in [7, 11) is -0.167. The molecule has 0 saturated carbocycles. The summed E-state index contributed by atoms with van der Waals surface area (Å²) in [6.45, 7) is -0.497. The van der Waals surface area contributed by atoms with Crippen molar-refractivity contribution in [3.05, 3.63) is 23.8 Å². The number of sulfone groups is 1.